The lowest BCUT2D eigenvalue weighted by molar-refractivity contribution is -0.125. The number of piperidine rings is 1. The number of nitrogen functional groups attached to an aromatic ring is 1. The predicted octanol–water partition coefficient (Wildman–Crippen LogP) is 2.15. The summed E-state index contributed by atoms with van der Waals surface area (Å²) in [5.74, 6) is 0.0734. The van der Waals surface area contributed by atoms with Crippen LogP contribution in [0.2, 0.25) is 0 Å². The van der Waals surface area contributed by atoms with Crippen LogP contribution in [0.3, 0.4) is 0 Å². The number of amides is 1. The highest BCUT2D eigenvalue weighted by molar-refractivity contribution is 5.87. The zero-order valence-electron chi connectivity index (χ0n) is 13.2. The number of hydrogen-bond acceptors (Lipinski definition) is 3. The van der Waals surface area contributed by atoms with Crippen LogP contribution in [0, 0.1) is 0 Å². The molecule has 1 aromatic rings. The smallest absolute Gasteiger partial charge is 0.230 e. The maximum Gasteiger partial charge on any atom is 0.230 e. The standard InChI is InChI=1S/C17H27N3O/c1-17(2,14-6-8-15(18)9-7-14)16(21)19-10-13-20-11-4-3-5-12-20/h6-9H,3-5,10-13,18H2,1-2H3,(H,19,21). The summed E-state index contributed by atoms with van der Waals surface area (Å²) in [7, 11) is 0. The number of anilines is 1. The molecule has 0 spiro atoms. The molecule has 21 heavy (non-hydrogen) atoms. The van der Waals surface area contributed by atoms with Crippen LogP contribution in [0.15, 0.2) is 24.3 Å². The Morgan fingerprint density at radius 1 is 1.19 bits per heavy atom. The van der Waals surface area contributed by atoms with Crippen molar-refractivity contribution in [2.75, 3.05) is 31.9 Å². The molecular formula is C17H27N3O. The first-order valence-electron chi connectivity index (χ1n) is 7.87. The molecule has 1 saturated heterocycles. The summed E-state index contributed by atoms with van der Waals surface area (Å²) in [6.45, 7) is 7.90. The highest BCUT2D eigenvalue weighted by Crippen LogP contribution is 2.24. The molecule has 0 saturated carbocycles. The van der Waals surface area contributed by atoms with Gasteiger partial charge in [-0.2, -0.15) is 0 Å². The Bertz CT molecular complexity index is 461. The molecule has 0 unspecified atom stereocenters. The first-order chi connectivity index (χ1) is 10.00. The van der Waals surface area contributed by atoms with Gasteiger partial charge in [0, 0.05) is 18.8 Å². The largest absolute Gasteiger partial charge is 0.399 e. The molecule has 1 heterocycles. The molecule has 1 aliphatic heterocycles. The normalized spacial score (nSPS) is 16.7. The molecule has 1 amide bonds. The number of hydrogen-bond donors (Lipinski definition) is 2. The number of likely N-dealkylation sites (tertiary alicyclic amines) is 1. The quantitative estimate of drug-likeness (QED) is 0.817. The summed E-state index contributed by atoms with van der Waals surface area (Å²) in [6.07, 6.45) is 3.91. The summed E-state index contributed by atoms with van der Waals surface area (Å²) in [6, 6.07) is 7.55. The molecule has 0 aromatic heterocycles. The second-order valence-corrected chi connectivity index (χ2v) is 6.41. The van der Waals surface area contributed by atoms with E-state index in [0.717, 1.165) is 37.4 Å². The van der Waals surface area contributed by atoms with Crippen LogP contribution in [0.5, 0.6) is 0 Å². The lowest BCUT2D eigenvalue weighted by Crippen LogP contribution is -2.44. The monoisotopic (exact) mass is 289 g/mol. The topological polar surface area (TPSA) is 58.4 Å². The molecule has 1 aromatic carbocycles. The van der Waals surface area contributed by atoms with E-state index in [9.17, 15) is 4.79 Å². The maximum absolute atomic E-state index is 12.4. The van der Waals surface area contributed by atoms with Crippen molar-refractivity contribution in [1.29, 1.82) is 0 Å². The Kier molecular flexibility index (Phi) is 5.23. The Balaban J connectivity index is 1.84. The van der Waals surface area contributed by atoms with E-state index in [-0.39, 0.29) is 5.91 Å². The highest BCUT2D eigenvalue weighted by Gasteiger charge is 2.29. The van der Waals surface area contributed by atoms with Crippen molar-refractivity contribution in [2.24, 2.45) is 0 Å². The van der Waals surface area contributed by atoms with Gasteiger partial charge in [0.2, 0.25) is 5.91 Å². The van der Waals surface area contributed by atoms with Crippen LogP contribution in [0.25, 0.3) is 0 Å². The number of carbonyl (C=O) groups excluding carboxylic acids is 1. The minimum absolute atomic E-state index is 0.0734. The van der Waals surface area contributed by atoms with E-state index in [1.54, 1.807) is 0 Å². The zero-order chi connectivity index (χ0) is 15.3. The third-order valence-electron chi connectivity index (χ3n) is 4.36. The van der Waals surface area contributed by atoms with Crippen molar-refractivity contribution >= 4 is 11.6 Å². The fourth-order valence-electron chi connectivity index (χ4n) is 2.76. The van der Waals surface area contributed by atoms with Gasteiger partial charge in [-0.15, -0.1) is 0 Å². The van der Waals surface area contributed by atoms with Gasteiger partial charge in [-0.25, -0.2) is 0 Å². The third kappa shape index (κ3) is 4.21. The molecule has 4 nitrogen and oxygen atoms in total. The molecule has 3 N–H and O–H groups in total. The van der Waals surface area contributed by atoms with E-state index in [1.807, 2.05) is 38.1 Å². The second-order valence-electron chi connectivity index (χ2n) is 6.41. The summed E-state index contributed by atoms with van der Waals surface area (Å²) in [5.41, 5.74) is 6.89. The molecule has 116 valence electrons. The van der Waals surface area contributed by atoms with E-state index < -0.39 is 5.41 Å². The minimum atomic E-state index is -0.532. The second kappa shape index (κ2) is 6.94. The van der Waals surface area contributed by atoms with Crippen molar-refractivity contribution in [3.8, 4) is 0 Å². The van der Waals surface area contributed by atoms with E-state index in [0.29, 0.717) is 0 Å². The van der Waals surface area contributed by atoms with Gasteiger partial charge in [-0.3, -0.25) is 4.79 Å². The van der Waals surface area contributed by atoms with Crippen LogP contribution in [0.1, 0.15) is 38.7 Å². The van der Waals surface area contributed by atoms with Crippen LogP contribution >= 0.6 is 0 Å². The molecule has 1 aliphatic rings. The number of nitrogens with two attached hydrogens (primary N) is 1. The number of carbonyl (C=O) groups is 1. The lowest BCUT2D eigenvalue weighted by Gasteiger charge is -2.28. The van der Waals surface area contributed by atoms with E-state index >= 15 is 0 Å². The van der Waals surface area contributed by atoms with Gasteiger partial charge in [0.15, 0.2) is 0 Å². The molecule has 0 aliphatic carbocycles. The fourth-order valence-corrected chi connectivity index (χ4v) is 2.76. The number of nitrogens with zero attached hydrogens (tertiary/aromatic N) is 1. The summed E-state index contributed by atoms with van der Waals surface area (Å²) in [5, 5.41) is 3.07. The SMILES string of the molecule is CC(C)(C(=O)NCCN1CCCCC1)c1ccc(N)cc1. The van der Waals surface area contributed by atoms with Crippen LogP contribution in [-0.2, 0) is 10.2 Å². The third-order valence-corrected chi connectivity index (χ3v) is 4.36. The van der Waals surface area contributed by atoms with Crippen molar-refractivity contribution in [2.45, 2.75) is 38.5 Å². The van der Waals surface area contributed by atoms with Crippen molar-refractivity contribution in [3.05, 3.63) is 29.8 Å². The van der Waals surface area contributed by atoms with Crippen molar-refractivity contribution in [1.82, 2.24) is 10.2 Å². The molecule has 4 heteroatoms. The van der Waals surface area contributed by atoms with Crippen LogP contribution in [-0.4, -0.2) is 37.0 Å². The number of nitrogens with one attached hydrogen (secondary N) is 1. The zero-order valence-corrected chi connectivity index (χ0v) is 13.2. The molecule has 2 rings (SSSR count). The van der Waals surface area contributed by atoms with Gasteiger partial charge >= 0.3 is 0 Å². The first kappa shape index (κ1) is 15.8. The van der Waals surface area contributed by atoms with Gasteiger partial charge in [0.05, 0.1) is 5.41 Å². The van der Waals surface area contributed by atoms with Crippen molar-refractivity contribution in [3.63, 3.8) is 0 Å². The number of benzene rings is 1. The van der Waals surface area contributed by atoms with E-state index in [2.05, 4.69) is 10.2 Å². The Hall–Kier alpha value is -1.55. The van der Waals surface area contributed by atoms with Crippen LogP contribution < -0.4 is 11.1 Å². The maximum atomic E-state index is 12.4. The predicted molar refractivity (Wildman–Crippen MR) is 87.2 cm³/mol. The minimum Gasteiger partial charge on any atom is -0.399 e. The van der Waals surface area contributed by atoms with Gasteiger partial charge in [0.1, 0.15) is 0 Å². The summed E-state index contributed by atoms with van der Waals surface area (Å²) >= 11 is 0. The number of rotatable bonds is 5. The Morgan fingerprint density at radius 3 is 2.43 bits per heavy atom. The summed E-state index contributed by atoms with van der Waals surface area (Å²) in [4.78, 5) is 14.9. The molecular weight excluding hydrogens is 262 g/mol. The lowest BCUT2D eigenvalue weighted by atomic mass is 9.83. The van der Waals surface area contributed by atoms with Gasteiger partial charge in [0.25, 0.3) is 0 Å². The van der Waals surface area contributed by atoms with E-state index in [1.165, 1.54) is 19.3 Å². The fraction of sp³-hybridized carbons (Fsp3) is 0.588. The average Bonchev–Trinajstić information content (AvgIpc) is 2.48. The molecule has 0 radical (unpaired) electrons. The summed E-state index contributed by atoms with van der Waals surface area (Å²) < 4.78 is 0. The molecule has 0 bridgehead atoms. The highest BCUT2D eigenvalue weighted by atomic mass is 16.2. The first-order valence-corrected chi connectivity index (χ1v) is 7.87. The van der Waals surface area contributed by atoms with Gasteiger partial charge in [-0.1, -0.05) is 18.6 Å². The Morgan fingerprint density at radius 2 is 1.81 bits per heavy atom. The van der Waals surface area contributed by atoms with Crippen LogP contribution in [0.4, 0.5) is 5.69 Å². The van der Waals surface area contributed by atoms with Gasteiger partial charge < -0.3 is 16.0 Å². The van der Waals surface area contributed by atoms with E-state index in [4.69, 9.17) is 5.73 Å². The molecule has 1 fully saturated rings. The molecule has 0 atom stereocenters. The average molecular weight is 289 g/mol. The van der Waals surface area contributed by atoms with Gasteiger partial charge in [-0.05, 0) is 57.5 Å². The van der Waals surface area contributed by atoms with Crippen molar-refractivity contribution < 1.29 is 4.79 Å². The Labute approximate surface area is 127 Å².